The number of likely N-dealkylation sites (tertiary alicyclic amines) is 1. The van der Waals surface area contributed by atoms with Crippen molar-refractivity contribution in [1.29, 1.82) is 0 Å². The molecule has 2 amide bonds. The maximum Gasteiger partial charge on any atom is 0.328 e. The van der Waals surface area contributed by atoms with E-state index in [1.54, 1.807) is 4.90 Å². The highest BCUT2D eigenvalue weighted by atomic mass is 16.5. The van der Waals surface area contributed by atoms with E-state index in [0.29, 0.717) is 19.0 Å². The Balaban J connectivity index is 1.46. The van der Waals surface area contributed by atoms with Crippen molar-refractivity contribution < 1.29 is 19.1 Å². The van der Waals surface area contributed by atoms with Gasteiger partial charge in [-0.15, -0.1) is 0 Å². The average Bonchev–Trinajstić information content (AvgIpc) is 3.33. The molecule has 7 nitrogen and oxygen atoms in total. The van der Waals surface area contributed by atoms with Crippen molar-refractivity contribution >= 4 is 28.7 Å². The van der Waals surface area contributed by atoms with Crippen LogP contribution in [0, 0.1) is 5.92 Å². The van der Waals surface area contributed by atoms with E-state index in [9.17, 15) is 14.4 Å². The number of hydrogen-bond acceptors (Lipinski definition) is 4. The van der Waals surface area contributed by atoms with E-state index in [4.69, 9.17) is 4.74 Å². The minimum Gasteiger partial charge on any atom is -0.467 e. The largest absolute Gasteiger partial charge is 0.467 e. The zero-order chi connectivity index (χ0) is 19.0. The Bertz CT molecular complexity index is 886. The standard InChI is InChI=1S/C20H23N3O4/c1-27-20(26)17(8-12-10-21-16-5-3-2-4-15(12)16)22-19(25)13-9-18(24)23(11-13)14-6-7-14/h2-5,10,13-14,17,21H,6-9,11H2,1H3,(H,22,25)/t13?,17-/m1/s1. The molecule has 1 aliphatic carbocycles. The van der Waals surface area contributed by atoms with Crippen molar-refractivity contribution in [2.75, 3.05) is 13.7 Å². The molecule has 0 spiro atoms. The third-order valence-electron chi connectivity index (χ3n) is 5.42. The number of aromatic amines is 1. The first kappa shape index (κ1) is 17.6. The second-order valence-corrected chi connectivity index (χ2v) is 7.33. The fraction of sp³-hybridized carbons (Fsp3) is 0.450. The van der Waals surface area contributed by atoms with Gasteiger partial charge < -0.3 is 19.9 Å². The Morgan fingerprint density at radius 2 is 2.11 bits per heavy atom. The molecule has 2 aromatic rings. The van der Waals surface area contributed by atoms with Crippen molar-refractivity contribution in [3.05, 3.63) is 36.0 Å². The lowest BCUT2D eigenvalue weighted by molar-refractivity contribution is -0.145. The van der Waals surface area contributed by atoms with E-state index in [1.165, 1.54) is 7.11 Å². The molecule has 1 aromatic heterocycles. The number of hydrogen-bond donors (Lipinski definition) is 2. The summed E-state index contributed by atoms with van der Waals surface area (Å²) in [4.78, 5) is 42.0. The fourth-order valence-corrected chi connectivity index (χ4v) is 3.79. The number of methoxy groups -OCH3 is 1. The molecule has 1 saturated heterocycles. The molecule has 2 aliphatic rings. The number of carbonyl (C=O) groups excluding carboxylic acids is 3. The van der Waals surface area contributed by atoms with Crippen LogP contribution in [0.4, 0.5) is 0 Å². The molecule has 27 heavy (non-hydrogen) atoms. The van der Waals surface area contributed by atoms with Gasteiger partial charge in [-0.2, -0.15) is 0 Å². The second-order valence-electron chi connectivity index (χ2n) is 7.33. The van der Waals surface area contributed by atoms with Crippen LogP contribution >= 0.6 is 0 Å². The first-order valence-electron chi connectivity index (χ1n) is 9.29. The van der Waals surface area contributed by atoms with Crippen LogP contribution < -0.4 is 5.32 Å². The van der Waals surface area contributed by atoms with Crippen LogP contribution in [0.25, 0.3) is 10.9 Å². The number of carbonyl (C=O) groups is 3. The Morgan fingerprint density at radius 1 is 1.33 bits per heavy atom. The number of nitrogens with zero attached hydrogens (tertiary/aromatic N) is 1. The molecule has 0 radical (unpaired) electrons. The van der Waals surface area contributed by atoms with Crippen molar-refractivity contribution in [2.24, 2.45) is 5.92 Å². The lowest BCUT2D eigenvalue weighted by Gasteiger charge is -2.19. The predicted molar refractivity (Wildman–Crippen MR) is 98.8 cm³/mol. The molecule has 7 heteroatoms. The van der Waals surface area contributed by atoms with Gasteiger partial charge in [-0.3, -0.25) is 9.59 Å². The predicted octanol–water partition coefficient (Wildman–Crippen LogP) is 1.38. The van der Waals surface area contributed by atoms with Gasteiger partial charge in [-0.25, -0.2) is 4.79 Å². The molecule has 0 bridgehead atoms. The number of H-pyrrole nitrogens is 1. The summed E-state index contributed by atoms with van der Waals surface area (Å²) < 4.78 is 4.89. The first-order valence-corrected chi connectivity index (χ1v) is 9.29. The molecule has 1 aromatic carbocycles. The van der Waals surface area contributed by atoms with Crippen LogP contribution in [-0.2, 0) is 25.5 Å². The summed E-state index contributed by atoms with van der Waals surface area (Å²) >= 11 is 0. The van der Waals surface area contributed by atoms with E-state index in [-0.39, 0.29) is 18.2 Å². The van der Waals surface area contributed by atoms with Crippen LogP contribution in [0.2, 0.25) is 0 Å². The summed E-state index contributed by atoms with van der Waals surface area (Å²) in [6.45, 7) is 0.441. The number of para-hydroxylation sites is 1. The Kier molecular flexibility index (Phi) is 4.59. The lowest BCUT2D eigenvalue weighted by atomic mass is 10.0. The smallest absolute Gasteiger partial charge is 0.328 e. The van der Waals surface area contributed by atoms with Crippen molar-refractivity contribution in [3.63, 3.8) is 0 Å². The van der Waals surface area contributed by atoms with Gasteiger partial charge in [-0.05, 0) is 24.5 Å². The zero-order valence-electron chi connectivity index (χ0n) is 15.2. The zero-order valence-corrected chi connectivity index (χ0v) is 15.2. The fourth-order valence-electron chi connectivity index (χ4n) is 3.79. The highest BCUT2D eigenvalue weighted by molar-refractivity contribution is 5.92. The highest BCUT2D eigenvalue weighted by Crippen LogP contribution is 2.32. The molecule has 2 fully saturated rings. The second kappa shape index (κ2) is 7.06. The normalized spacial score (nSPS) is 20.7. The molecule has 1 aliphatic heterocycles. The van der Waals surface area contributed by atoms with E-state index < -0.39 is 17.9 Å². The monoisotopic (exact) mass is 369 g/mol. The SMILES string of the molecule is COC(=O)[C@@H](Cc1c[nH]c2ccccc12)NC(=O)C1CC(=O)N(C2CC2)C1. The van der Waals surface area contributed by atoms with E-state index >= 15 is 0 Å². The molecule has 1 saturated carbocycles. The minimum atomic E-state index is -0.785. The summed E-state index contributed by atoms with van der Waals surface area (Å²) in [6.07, 6.45) is 4.43. The van der Waals surface area contributed by atoms with Gasteiger partial charge in [0.05, 0.1) is 13.0 Å². The van der Waals surface area contributed by atoms with Gasteiger partial charge in [0.15, 0.2) is 0 Å². The minimum absolute atomic E-state index is 0.0314. The summed E-state index contributed by atoms with van der Waals surface area (Å²) in [5.41, 5.74) is 1.91. The number of fused-ring (bicyclic) bond motifs is 1. The Hall–Kier alpha value is -2.83. The number of nitrogens with one attached hydrogen (secondary N) is 2. The Morgan fingerprint density at radius 3 is 2.85 bits per heavy atom. The number of benzene rings is 1. The molecule has 1 unspecified atom stereocenters. The molecule has 2 heterocycles. The van der Waals surface area contributed by atoms with Gasteiger partial charge in [0, 0.05) is 42.5 Å². The summed E-state index contributed by atoms with van der Waals surface area (Å²) in [6, 6.07) is 7.32. The number of aromatic nitrogens is 1. The number of esters is 1. The van der Waals surface area contributed by atoms with Gasteiger partial charge in [0.1, 0.15) is 6.04 Å². The topological polar surface area (TPSA) is 91.5 Å². The van der Waals surface area contributed by atoms with Crippen molar-refractivity contribution in [3.8, 4) is 0 Å². The average molecular weight is 369 g/mol. The van der Waals surface area contributed by atoms with E-state index in [2.05, 4.69) is 10.3 Å². The maximum absolute atomic E-state index is 12.7. The Labute approximate surface area is 157 Å². The maximum atomic E-state index is 12.7. The number of rotatable bonds is 6. The molecular weight excluding hydrogens is 346 g/mol. The summed E-state index contributed by atoms with van der Waals surface area (Å²) in [7, 11) is 1.31. The third kappa shape index (κ3) is 3.54. The van der Waals surface area contributed by atoms with Crippen LogP contribution in [-0.4, -0.2) is 53.4 Å². The van der Waals surface area contributed by atoms with Crippen LogP contribution in [0.5, 0.6) is 0 Å². The van der Waals surface area contributed by atoms with Gasteiger partial charge in [0.25, 0.3) is 0 Å². The van der Waals surface area contributed by atoms with Crippen molar-refractivity contribution in [2.45, 2.75) is 37.8 Å². The molecule has 142 valence electrons. The quantitative estimate of drug-likeness (QED) is 0.753. The van der Waals surface area contributed by atoms with E-state index in [0.717, 1.165) is 29.3 Å². The van der Waals surface area contributed by atoms with Gasteiger partial charge >= 0.3 is 5.97 Å². The van der Waals surface area contributed by atoms with Gasteiger partial charge in [-0.1, -0.05) is 18.2 Å². The van der Waals surface area contributed by atoms with Crippen LogP contribution in [0.15, 0.2) is 30.5 Å². The van der Waals surface area contributed by atoms with E-state index in [1.807, 2.05) is 30.5 Å². The van der Waals surface area contributed by atoms with Crippen molar-refractivity contribution in [1.82, 2.24) is 15.2 Å². The molecule has 4 rings (SSSR count). The summed E-state index contributed by atoms with van der Waals surface area (Å²) in [5.74, 6) is -1.13. The number of ether oxygens (including phenoxy) is 1. The van der Waals surface area contributed by atoms with Gasteiger partial charge in [0.2, 0.25) is 11.8 Å². The van der Waals surface area contributed by atoms with Crippen LogP contribution in [0.3, 0.4) is 0 Å². The lowest BCUT2D eigenvalue weighted by Crippen LogP contribution is -2.46. The number of amides is 2. The van der Waals surface area contributed by atoms with Crippen LogP contribution in [0.1, 0.15) is 24.8 Å². The first-order chi connectivity index (χ1) is 13.1. The molecule has 2 atom stereocenters. The molecule has 2 N–H and O–H groups in total. The highest BCUT2D eigenvalue weighted by Gasteiger charge is 2.42. The summed E-state index contributed by atoms with van der Waals surface area (Å²) in [5, 5.41) is 3.82. The third-order valence-corrected chi connectivity index (χ3v) is 5.42. The molecular formula is C20H23N3O4.